The van der Waals surface area contributed by atoms with Crippen LogP contribution >= 0.6 is 0 Å². The van der Waals surface area contributed by atoms with Crippen molar-refractivity contribution in [3.8, 4) is 5.75 Å². The Labute approximate surface area is 124 Å². The van der Waals surface area contributed by atoms with E-state index >= 15 is 0 Å². The number of amides is 1. The molecule has 1 saturated carbocycles. The number of hydrogen-bond acceptors (Lipinski definition) is 4. The molecule has 21 heavy (non-hydrogen) atoms. The second kappa shape index (κ2) is 6.35. The molecule has 1 aromatic rings. The Bertz CT molecular complexity index is 518. The minimum atomic E-state index is -0.0980. The minimum Gasteiger partial charge on any atom is -0.489 e. The zero-order valence-electron chi connectivity index (χ0n) is 12.1. The van der Waals surface area contributed by atoms with Crippen molar-refractivity contribution in [2.75, 3.05) is 31.6 Å². The smallest absolute Gasteiger partial charge is 0.255 e. The third-order valence-corrected chi connectivity index (χ3v) is 4.50. The van der Waals surface area contributed by atoms with Crippen LogP contribution in [0, 0.1) is 11.8 Å². The Morgan fingerprint density at radius 1 is 1.38 bits per heavy atom. The quantitative estimate of drug-likeness (QED) is 0.788. The lowest BCUT2D eigenvalue weighted by atomic mass is 9.97. The van der Waals surface area contributed by atoms with Crippen LogP contribution in [-0.2, 0) is 0 Å². The van der Waals surface area contributed by atoms with Crippen molar-refractivity contribution < 1.29 is 14.6 Å². The highest BCUT2D eigenvalue weighted by molar-refractivity contribution is 5.99. The maximum absolute atomic E-state index is 12.4. The molecule has 3 N–H and O–H groups in total. The van der Waals surface area contributed by atoms with E-state index in [0.29, 0.717) is 36.3 Å². The summed E-state index contributed by atoms with van der Waals surface area (Å²) in [5.41, 5.74) is 1.46. The number of fused-ring (bicyclic) bond motifs is 1. The van der Waals surface area contributed by atoms with E-state index in [1.807, 2.05) is 12.1 Å². The van der Waals surface area contributed by atoms with Crippen LogP contribution in [0.15, 0.2) is 18.2 Å². The van der Waals surface area contributed by atoms with Gasteiger partial charge in [0.2, 0.25) is 0 Å². The molecule has 0 aromatic heterocycles. The van der Waals surface area contributed by atoms with Gasteiger partial charge in [-0.2, -0.15) is 0 Å². The Kier molecular flexibility index (Phi) is 4.29. The molecule has 0 bridgehead atoms. The number of nitrogens with one attached hydrogen (secondary N) is 2. The molecular weight excluding hydrogens is 268 g/mol. The molecule has 2 atom stereocenters. The van der Waals surface area contributed by atoms with Crippen molar-refractivity contribution in [2.24, 2.45) is 11.8 Å². The summed E-state index contributed by atoms with van der Waals surface area (Å²) in [6.45, 7) is 2.18. The van der Waals surface area contributed by atoms with Crippen molar-refractivity contribution in [1.29, 1.82) is 0 Å². The van der Waals surface area contributed by atoms with E-state index in [0.717, 1.165) is 31.5 Å². The Hall–Kier alpha value is -1.75. The van der Waals surface area contributed by atoms with E-state index in [9.17, 15) is 9.90 Å². The number of para-hydroxylation sites is 1. The van der Waals surface area contributed by atoms with Crippen molar-refractivity contribution >= 4 is 11.6 Å². The number of hydrogen-bond donors (Lipinski definition) is 3. The first-order valence-electron chi connectivity index (χ1n) is 7.68. The highest BCUT2D eigenvalue weighted by Gasteiger charge is 2.27. The summed E-state index contributed by atoms with van der Waals surface area (Å²) in [6, 6.07) is 5.57. The van der Waals surface area contributed by atoms with E-state index in [-0.39, 0.29) is 12.5 Å². The fraction of sp³-hybridized carbons (Fsp3) is 0.562. The maximum atomic E-state index is 12.4. The summed E-state index contributed by atoms with van der Waals surface area (Å²) in [6.07, 6.45) is 3.28. The molecule has 1 heterocycles. The Morgan fingerprint density at radius 2 is 2.24 bits per heavy atom. The summed E-state index contributed by atoms with van der Waals surface area (Å²) < 4.78 is 5.63. The number of aliphatic hydroxyl groups excluding tert-OH is 1. The summed E-state index contributed by atoms with van der Waals surface area (Å²) >= 11 is 0. The van der Waals surface area contributed by atoms with Gasteiger partial charge < -0.3 is 20.5 Å². The van der Waals surface area contributed by atoms with Gasteiger partial charge in [-0.25, -0.2) is 0 Å². The molecule has 0 radical (unpaired) electrons. The van der Waals surface area contributed by atoms with Gasteiger partial charge in [0.1, 0.15) is 6.61 Å². The van der Waals surface area contributed by atoms with Crippen LogP contribution in [0.5, 0.6) is 5.75 Å². The topological polar surface area (TPSA) is 70.6 Å². The summed E-state index contributed by atoms with van der Waals surface area (Å²) in [4.78, 5) is 12.4. The molecule has 2 aliphatic rings. The number of carbonyl (C=O) groups is 1. The van der Waals surface area contributed by atoms with Crippen LogP contribution in [0.4, 0.5) is 5.69 Å². The normalized spacial score (nSPS) is 23.9. The van der Waals surface area contributed by atoms with Gasteiger partial charge in [-0.05, 0) is 36.8 Å². The third-order valence-electron chi connectivity index (χ3n) is 4.50. The number of ether oxygens (including phenoxy) is 1. The molecular formula is C16H22N2O3. The zero-order valence-corrected chi connectivity index (χ0v) is 12.1. The minimum absolute atomic E-state index is 0.0980. The molecule has 1 amide bonds. The van der Waals surface area contributed by atoms with Crippen LogP contribution < -0.4 is 15.4 Å². The van der Waals surface area contributed by atoms with Crippen LogP contribution in [0.25, 0.3) is 0 Å². The van der Waals surface area contributed by atoms with Crippen molar-refractivity contribution in [3.63, 3.8) is 0 Å². The molecule has 3 rings (SSSR count). The predicted octanol–water partition coefficient (Wildman–Crippen LogP) is 1.63. The Balaban J connectivity index is 1.66. The number of anilines is 1. The van der Waals surface area contributed by atoms with Crippen LogP contribution in [0.2, 0.25) is 0 Å². The van der Waals surface area contributed by atoms with Crippen LogP contribution in [-0.4, -0.2) is 37.3 Å². The number of aliphatic hydroxyl groups is 1. The fourth-order valence-corrected chi connectivity index (χ4v) is 3.29. The number of rotatable bonds is 4. The molecule has 1 fully saturated rings. The lowest BCUT2D eigenvalue weighted by molar-refractivity contribution is 0.0933. The molecule has 2 unspecified atom stereocenters. The molecule has 5 nitrogen and oxygen atoms in total. The first kappa shape index (κ1) is 14.2. The van der Waals surface area contributed by atoms with Gasteiger partial charge in [-0.3, -0.25) is 4.79 Å². The SMILES string of the molecule is O=C(NCC1CCCC1CO)c1cccc2c1OCCN2. The number of carbonyl (C=O) groups excluding carboxylic acids is 1. The molecule has 1 aromatic carbocycles. The van der Waals surface area contributed by atoms with Gasteiger partial charge >= 0.3 is 0 Å². The Morgan fingerprint density at radius 3 is 3.10 bits per heavy atom. The largest absolute Gasteiger partial charge is 0.489 e. The molecule has 114 valence electrons. The van der Waals surface area contributed by atoms with E-state index in [4.69, 9.17) is 4.74 Å². The van der Waals surface area contributed by atoms with Gasteiger partial charge in [0.25, 0.3) is 5.91 Å². The van der Waals surface area contributed by atoms with Gasteiger partial charge in [0, 0.05) is 19.7 Å². The highest BCUT2D eigenvalue weighted by atomic mass is 16.5. The first-order valence-corrected chi connectivity index (χ1v) is 7.68. The van der Waals surface area contributed by atoms with Gasteiger partial charge in [0.05, 0.1) is 11.3 Å². The second-order valence-electron chi connectivity index (χ2n) is 5.80. The average molecular weight is 290 g/mol. The van der Waals surface area contributed by atoms with Crippen molar-refractivity contribution in [1.82, 2.24) is 5.32 Å². The van der Waals surface area contributed by atoms with E-state index in [1.165, 1.54) is 0 Å². The van der Waals surface area contributed by atoms with Crippen molar-refractivity contribution in [3.05, 3.63) is 23.8 Å². The standard InChI is InChI=1S/C16H22N2O3/c19-10-12-4-1-3-11(12)9-18-16(20)13-5-2-6-14-15(13)21-8-7-17-14/h2,5-6,11-12,17,19H,1,3-4,7-10H2,(H,18,20). The van der Waals surface area contributed by atoms with Crippen molar-refractivity contribution in [2.45, 2.75) is 19.3 Å². The lowest BCUT2D eigenvalue weighted by Crippen LogP contribution is -2.32. The first-order chi connectivity index (χ1) is 10.3. The lowest BCUT2D eigenvalue weighted by Gasteiger charge is -2.22. The molecule has 5 heteroatoms. The van der Waals surface area contributed by atoms with Gasteiger partial charge in [0.15, 0.2) is 5.75 Å². The monoisotopic (exact) mass is 290 g/mol. The summed E-state index contributed by atoms with van der Waals surface area (Å²) in [5, 5.41) is 15.6. The molecule has 1 aliphatic heterocycles. The van der Waals surface area contributed by atoms with E-state index in [1.54, 1.807) is 6.07 Å². The summed E-state index contributed by atoms with van der Waals surface area (Å²) in [5.74, 6) is 1.26. The highest BCUT2D eigenvalue weighted by Crippen LogP contribution is 2.32. The number of benzene rings is 1. The average Bonchev–Trinajstić information content (AvgIpc) is 2.99. The maximum Gasteiger partial charge on any atom is 0.255 e. The van der Waals surface area contributed by atoms with E-state index < -0.39 is 0 Å². The van der Waals surface area contributed by atoms with E-state index in [2.05, 4.69) is 10.6 Å². The second-order valence-corrected chi connectivity index (χ2v) is 5.80. The molecule has 1 aliphatic carbocycles. The van der Waals surface area contributed by atoms with Crippen LogP contribution in [0.1, 0.15) is 29.6 Å². The molecule has 0 spiro atoms. The van der Waals surface area contributed by atoms with Crippen LogP contribution in [0.3, 0.4) is 0 Å². The fourth-order valence-electron chi connectivity index (χ4n) is 3.29. The molecule has 0 saturated heterocycles. The van der Waals surface area contributed by atoms with Gasteiger partial charge in [-0.15, -0.1) is 0 Å². The summed E-state index contributed by atoms with van der Waals surface area (Å²) in [7, 11) is 0. The van der Waals surface area contributed by atoms with Gasteiger partial charge in [-0.1, -0.05) is 12.5 Å². The predicted molar refractivity (Wildman–Crippen MR) is 80.7 cm³/mol. The third kappa shape index (κ3) is 2.97. The zero-order chi connectivity index (χ0) is 14.7.